The first-order valence-corrected chi connectivity index (χ1v) is 13.7. The fourth-order valence-corrected chi connectivity index (χ4v) is 5.48. The summed E-state index contributed by atoms with van der Waals surface area (Å²) >= 11 is 0.863. The highest BCUT2D eigenvalue weighted by Gasteiger charge is 2.26. The first kappa shape index (κ1) is 27.3. The lowest BCUT2D eigenvalue weighted by Gasteiger charge is -2.32. The second-order valence-electron chi connectivity index (χ2n) is 9.79. The van der Waals surface area contributed by atoms with Crippen LogP contribution in [0.1, 0.15) is 40.0 Å². The molecule has 2 amide bonds. The molecule has 2 fully saturated rings. The van der Waals surface area contributed by atoms with E-state index in [1.165, 1.54) is 0 Å². The lowest BCUT2D eigenvalue weighted by Crippen LogP contribution is -2.38. The summed E-state index contributed by atoms with van der Waals surface area (Å²) in [6.45, 7) is 4.83. The number of aromatic nitrogens is 3. The quantitative estimate of drug-likeness (QED) is 0.299. The van der Waals surface area contributed by atoms with Crippen molar-refractivity contribution >= 4 is 46.7 Å². The van der Waals surface area contributed by atoms with Crippen molar-refractivity contribution in [2.45, 2.75) is 26.3 Å². The summed E-state index contributed by atoms with van der Waals surface area (Å²) in [5, 5.41) is 15.1. The van der Waals surface area contributed by atoms with E-state index in [9.17, 15) is 19.5 Å². The van der Waals surface area contributed by atoms with Crippen molar-refractivity contribution in [1.29, 1.82) is 0 Å². The number of carboxylic acids is 1. The topological polar surface area (TPSA) is 163 Å². The third-order valence-corrected chi connectivity index (χ3v) is 7.70. The van der Waals surface area contributed by atoms with E-state index >= 15 is 0 Å². The standard InChI is InChI=1S/C28H29N7O4S/c1-16-2-4-20(26(37)38)21(12-16)24-18(3-5-23(29)33-24)15-30-14-17-7-10-35(11-8-17)27-31-9-6-19(32-27)13-22-25(36)34-28(39)40-22/h2-6,9,12-13,17,30H,7-8,10-11,14-15H2,1H3,(H2,29,33)(H,37,38)(H,34,36,39)/b22-13-. The number of carbonyl (C=O) groups is 3. The highest BCUT2D eigenvalue weighted by atomic mass is 32.2. The molecule has 40 heavy (non-hydrogen) atoms. The molecule has 2 aromatic heterocycles. The van der Waals surface area contributed by atoms with Crippen molar-refractivity contribution in [2.75, 3.05) is 30.3 Å². The third-order valence-electron chi connectivity index (χ3n) is 6.89. The fraction of sp³-hybridized carbons (Fsp3) is 0.286. The number of aromatic carboxylic acids is 1. The van der Waals surface area contributed by atoms with Gasteiger partial charge in [0.05, 0.1) is 21.9 Å². The highest BCUT2D eigenvalue weighted by molar-refractivity contribution is 8.18. The van der Waals surface area contributed by atoms with Gasteiger partial charge in [0, 0.05) is 31.4 Å². The SMILES string of the molecule is Cc1ccc(C(=O)O)c(-c2nc(N)ccc2CNCC2CCN(c3nccc(/C=C4\SC(=O)NC4=O)n3)CC2)c1. The van der Waals surface area contributed by atoms with Gasteiger partial charge in [-0.15, -0.1) is 0 Å². The van der Waals surface area contributed by atoms with Gasteiger partial charge in [0.2, 0.25) is 5.95 Å². The zero-order valence-corrected chi connectivity index (χ0v) is 22.7. The second kappa shape index (κ2) is 11.8. The molecule has 12 heteroatoms. The number of aryl methyl sites for hydroxylation is 1. The van der Waals surface area contributed by atoms with Crippen LogP contribution in [0.25, 0.3) is 17.3 Å². The van der Waals surface area contributed by atoms with E-state index in [4.69, 9.17) is 5.73 Å². The Kier molecular flexibility index (Phi) is 8.08. The number of piperidine rings is 1. The molecule has 0 aliphatic carbocycles. The number of amides is 2. The van der Waals surface area contributed by atoms with E-state index in [1.54, 1.807) is 36.5 Å². The minimum Gasteiger partial charge on any atom is -0.478 e. The number of thioether (sulfide) groups is 1. The second-order valence-corrected chi connectivity index (χ2v) is 10.8. The van der Waals surface area contributed by atoms with Gasteiger partial charge in [-0.25, -0.2) is 19.7 Å². The number of nitrogens with zero attached hydrogens (tertiary/aromatic N) is 4. The number of carboxylic acid groups (broad SMARTS) is 1. The van der Waals surface area contributed by atoms with Crippen LogP contribution in [0, 0.1) is 12.8 Å². The van der Waals surface area contributed by atoms with Crippen LogP contribution in [0.4, 0.5) is 16.6 Å². The van der Waals surface area contributed by atoms with Crippen molar-refractivity contribution in [1.82, 2.24) is 25.6 Å². The number of pyridine rings is 1. The molecule has 0 spiro atoms. The zero-order valence-electron chi connectivity index (χ0n) is 21.9. The van der Waals surface area contributed by atoms with Crippen molar-refractivity contribution in [3.8, 4) is 11.3 Å². The van der Waals surface area contributed by atoms with Gasteiger partial charge in [0.15, 0.2) is 0 Å². The molecule has 3 aromatic rings. The molecule has 206 valence electrons. The average molecular weight is 560 g/mol. The molecular formula is C28H29N7O4S. The van der Waals surface area contributed by atoms with Crippen LogP contribution in [-0.2, 0) is 11.3 Å². The van der Waals surface area contributed by atoms with E-state index in [2.05, 4.69) is 30.5 Å². The van der Waals surface area contributed by atoms with Gasteiger partial charge in [-0.2, -0.15) is 0 Å². The molecule has 11 nitrogen and oxygen atoms in total. The van der Waals surface area contributed by atoms with E-state index in [0.29, 0.717) is 46.1 Å². The van der Waals surface area contributed by atoms with Crippen LogP contribution >= 0.6 is 11.8 Å². The summed E-state index contributed by atoms with van der Waals surface area (Å²) in [6.07, 6.45) is 5.15. The zero-order chi connectivity index (χ0) is 28.2. The number of nitrogens with two attached hydrogens (primary N) is 1. The molecular weight excluding hydrogens is 530 g/mol. The predicted octanol–water partition coefficient (Wildman–Crippen LogP) is 3.46. The number of nitrogens with one attached hydrogen (secondary N) is 2. The van der Waals surface area contributed by atoms with E-state index in [0.717, 1.165) is 55.4 Å². The Balaban J connectivity index is 1.19. The highest BCUT2D eigenvalue weighted by Crippen LogP contribution is 2.29. The lowest BCUT2D eigenvalue weighted by molar-refractivity contribution is -0.115. The minimum absolute atomic E-state index is 0.193. The van der Waals surface area contributed by atoms with Gasteiger partial charge < -0.3 is 21.1 Å². The summed E-state index contributed by atoms with van der Waals surface area (Å²) in [5.74, 6) is -0.0313. The van der Waals surface area contributed by atoms with Crippen LogP contribution in [0.2, 0.25) is 0 Å². The molecule has 0 saturated carbocycles. The first-order valence-electron chi connectivity index (χ1n) is 12.9. The summed E-state index contributed by atoms with van der Waals surface area (Å²) in [5.41, 5.74) is 9.70. The molecule has 0 unspecified atom stereocenters. The van der Waals surface area contributed by atoms with Gasteiger partial charge in [-0.3, -0.25) is 14.9 Å². The van der Waals surface area contributed by atoms with Crippen LogP contribution in [-0.4, -0.2) is 56.8 Å². The Hall–Kier alpha value is -4.29. The van der Waals surface area contributed by atoms with E-state index < -0.39 is 11.9 Å². The summed E-state index contributed by atoms with van der Waals surface area (Å²) < 4.78 is 0. The fourth-order valence-electron chi connectivity index (χ4n) is 4.82. The third kappa shape index (κ3) is 6.29. The number of imide groups is 1. The van der Waals surface area contributed by atoms with Gasteiger partial charge in [-0.05, 0) is 79.9 Å². The van der Waals surface area contributed by atoms with E-state index in [-0.39, 0.29) is 10.8 Å². The average Bonchev–Trinajstić information content (AvgIpc) is 3.25. The van der Waals surface area contributed by atoms with Crippen molar-refractivity contribution in [3.63, 3.8) is 0 Å². The smallest absolute Gasteiger partial charge is 0.336 e. The molecule has 0 bridgehead atoms. The van der Waals surface area contributed by atoms with Crippen molar-refractivity contribution < 1.29 is 19.5 Å². The van der Waals surface area contributed by atoms with Crippen molar-refractivity contribution in [2.24, 2.45) is 5.92 Å². The van der Waals surface area contributed by atoms with Gasteiger partial charge in [0.25, 0.3) is 11.1 Å². The number of carbonyl (C=O) groups excluding carboxylic acids is 2. The van der Waals surface area contributed by atoms with Gasteiger partial charge >= 0.3 is 5.97 Å². The number of hydrogen-bond donors (Lipinski definition) is 4. The van der Waals surface area contributed by atoms with E-state index in [1.807, 2.05) is 19.1 Å². The Morgan fingerprint density at radius 3 is 2.73 bits per heavy atom. The Morgan fingerprint density at radius 1 is 1.20 bits per heavy atom. The number of anilines is 2. The normalized spacial score (nSPS) is 16.9. The number of nitrogen functional groups attached to an aromatic ring is 1. The maximum absolute atomic E-state index is 11.9. The summed E-state index contributed by atoms with van der Waals surface area (Å²) in [4.78, 5) is 51.0. The van der Waals surface area contributed by atoms with Crippen LogP contribution in [0.3, 0.4) is 0 Å². The molecule has 2 aliphatic rings. The molecule has 1 aromatic carbocycles. The summed E-state index contributed by atoms with van der Waals surface area (Å²) in [7, 11) is 0. The van der Waals surface area contributed by atoms with Gasteiger partial charge in [-0.1, -0.05) is 17.7 Å². The molecule has 2 aliphatic heterocycles. The summed E-state index contributed by atoms with van der Waals surface area (Å²) in [6, 6.07) is 10.5. The molecule has 5 rings (SSSR count). The molecule has 4 heterocycles. The maximum Gasteiger partial charge on any atom is 0.336 e. The Bertz CT molecular complexity index is 1500. The molecule has 2 saturated heterocycles. The number of benzene rings is 1. The largest absolute Gasteiger partial charge is 0.478 e. The lowest BCUT2D eigenvalue weighted by atomic mass is 9.96. The van der Waals surface area contributed by atoms with Gasteiger partial charge in [0.1, 0.15) is 5.82 Å². The first-order chi connectivity index (χ1) is 19.3. The van der Waals surface area contributed by atoms with Crippen LogP contribution in [0.5, 0.6) is 0 Å². The minimum atomic E-state index is -1.01. The monoisotopic (exact) mass is 559 g/mol. The molecule has 5 N–H and O–H groups in total. The number of rotatable bonds is 8. The van der Waals surface area contributed by atoms with Crippen molar-refractivity contribution in [3.05, 3.63) is 69.9 Å². The number of hydrogen-bond acceptors (Lipinski definition) is 10. The Labute approximate surface area is 235 Å². The Morgan fingerprint density at radius 2 is 2.00 bits per heavy atom. The van der Waals surface area contributed by atoms with Crippen LogP contribution < -0.4 is 21.3 Å². The molecule has 0 radical (unpaired) electrons. The molecule has 0 atom stereocenters. The predicted molar refractivity (Wildman–Crippen MR) is 154 cm³/mol. The van der Waals surface area contributed by atoms with Crippen LogP contribution in [0.15, 0.2) is 47.5 Å². The maximum atomic E-state index is 11.9.